The minimum atomic E-state index is -0.564. The zero-order chi connectivity index (χ0) is 16.1. The van der Waals surface area contributed by atoms with Gasteiger partial charge in [-0.2, -0.15) is 0 Å². The van der Waals surface area contributed by atoms with E-state index < -0.39 is 6.03 Å². The fraction of sp³-hybridized carbons (Fsp3) is 0.250. The molecule has 1 aromatic carbocycles. The number of carbonyl (C=O) groups is 2. The zero-order valence-corrected chi connectivity index (χ0v) is 13.4. The van der Waals surface area contributed by atoms with Crippen molar-refractivity contribution >= 4 is 23.3 Å². The summed E-state index contributed by atoms with van der Waals surface area (Å²) in [6.45, 7) is 3.01. The molecule has 116 valence electrons. The Morgan fingerprint density at radius 2 is 1.91 bits per heavy atom. The number of benzene rings is 1. The van der Waals surface area contributed by atoms with E-state index in [0.29, 0.717) is 18.7 Å². The highest BCUT2D eigenvalue weighted by atomic mass is 32.1. The molecular formula is C16H19N3O2S. The number of rotatable bonds is 5. The molecule has 22 heavy (non-hydrogen) atoms. The highest BCUT2D eigenvalue weighted by Crippen LogP contribution is 2.18. The smallest absolute Gasteiger partial charge is 0.312 e. The first-order valence-corrected chi connectivity index (χ1v) is 7.76. The summed E-state index contributed by atoms with van der Waals surface area (Å²) < 4.78 is 0. The molecule has 0 saturated heterocycles. The van der Waals surface area contributed by atoms with E-state index in [9.17, 15) is 9.59 Å². The van der Waals surface area contributed by atoms with E-state index in [0.717, 1.165) is 5.56 Å². The second-order valence-corrected chi connectivity index (χ2v) is 6.10. The number of nitrogens with zero attached hydrogens (tertiary/aromatic N) is 1. The lowest BCUT2D eigenvalue weighted by molar-refractivity contribution is 0.0786. The molecule has 0 aliphatic heterocycles. The number of hydrogen-bond acceptors (Lipinski definition) is 3. The van der Waals surface area contributed by atoms with Crippen LogP contribution in [0.5, 0.6) is 0 Å². The van der Waals surface area contributed by atoms with Crippen molar-refractivity contribution in [3.63, 3.8) is 0 Å². The lowest BCUT2D eigenvalue weighted by Crippen LogP contribution is -2.28. The van der Waals surface area contributed by atoms with Gasteiger partial charge < -0.3 is 16.0 Å². The van der Waals surface area contributed by atoms with Gasteiger partial charge in [0.15, 0.2) is 0 Å². The second-order valence-electron chi connectivity index (χ2n) is 5.10. The van der Waals surface area contributed by atoms with Crippen molar-refractivity contribution in [3.05, 3.63) is 57.3 Å². The lowest BCUT2D eigenvalue weighted by atomic mass is 10.1. The molecule has 6 heteroatoms. The summed E-state index contributed by atoms with van der Waals surface area (Å²) in [5.74, 6) is -0.0257. The van der Waals surface area contributed by atoms with Crippen LogP contribution >= 0.6 is 11.3 Å². The van der Waals surface area contributed by atoms with Crippen LogP contribution in [0.15, 0.2) is 35.7 Å². The Hall–Kier alpha value is -2.34. The van der Waals surface area contributed by atoms with Crippen LogP contribution in [0.25, 0.3) is 0 Å². The van der Waals surface area contributed by atoms with E-state index in [1.54, 1.807) is 35.4 Å². The average Bonchev–Trinajstić information content (AvgIpc) is 2.90. The number of hydrogen-bond donors (Lipinski definition) is 2. The SMILES string of the molecule is Cc1ccsc1CN(C)C(=O)c1ccc(CNC(N)=O)cc1. The summed E-state index contributed by atoms with van der Waals surface area (Å²) in [7, 11) is 1.80. The number of carbonyl (C=O) groups excluding carboxylic acids is 2. The van der Waals surface area contributed by atoms with Gasteiger partial charge in [-0.25, -0.2) is 4.79 Å². The molecule has 0 aliphatic carbocycles. The van der Waals surface area contributed by atoms with E-state index in [1.807, 2.05) is 24.4 Å². The molecule has 1 heterocycles. The Morgan fingerprint density at radius 1 is 1.23 bits per heavy atom. The number of primary amides is 1. The van der Waals surface area contributed by atoms with Gasteiger partial charge in [0, 0.05) is 24.0 Å². The maximum absolute atomic E-state index is 12.4. The predicted molar refractivity (Wildman–Crippen MR) is 87.7 cm³/mol. The van der Waals surface area contributed by atoms with Gasteiger partial charge in [0.2, 0.25) is 0 Å². The number of aryl methyl sites for hydroxylation is 1. The first-order chi connectivity index (χ1) is 10.5. The van der Waals surface area contributed by atoms with Crippen molar-refractivity contribution in [2.75, 3.05) is 7.05 Å². The Balaban J connectivity index is 1.99. The van der Waals surface area contributed by atoms with Gasteiger partial charge >= 0.3 is 6.03 Å². The molecule has 0 spiro atoms. The minimum Gasteiger partial charge on any atom is -0.352 e. The normalized spacial score (nSPS) is 10.3. The molecule has 1 aromatic heterocycles. The van der Waals surface area contributed by atoms with E-state index >= 15 is 0 Å². The first kappa shape index (κ1) is 16.0. The number of urea groups is 1. The van der Waals surface area contributed by atoms with E-state index in [1.165, 1.54) is 10.4 Å². The summed E-state index contributed by atoms with van der Waals surface area (Å²) in [6.07, 6.45) is 0. The molecule has 2 rings (SSSR count). The van der Waals surface area contributed by atoms with Gasteiger partial charge in [0.05, 0.1) is 6.54 Å². The third-order valence-electron chi connectivity index (χ3n) is 3.36. The largest absolute Gasteiger partial charge is 0.352 e. The monoisotopic (exact) mass is 317 g/mol. The standard InChI is InChI=1S/C16H19N3O2S/c1-11-7-8-22-14(11)10-19(2)15(20)13-5-3-12(4-6-13)9-18-16(17)21/h3-8H,9-10H2,1-2H3,(H3,17,18,21). The number of nitrogens with one attached hydrogen (secondary N) is 1. The number of amides is 3. The van der Waals surface area contributed by atoms with Crippen molar-refractivity contribution in [1.82, 2.24) is 10.2 Å². The number of nitrogens with two attached hydrogens (primary N) is 1. The van der Waals surface area contributed by atoms with Crippen molar-refractivity contribution < 1.29 is 9.59 Å². The van der Waals surface area contributed by atoms with E-state index in [2.05, 4.69) is 11.4 Å². The van der Waals surface area contributed by atoms with E-state index in [4.69, 9.17) is 5.73 Å². The highest BCUT2D eigenvalue weighted by Gasteiger charge is 2.13. The predicted octanol–water partition coefficient (Wildman–Crippen LogP) is 2.50. The van der Waals surface area contributed by atoms with Gasteiger partial charge in [-0.1, -0.05) is 12.1 Å². The third kappa shape index (κ3) is 4.08. The summed E-state index contributed by atoms with van der Waals surface area (Å²) in [5, 5.41) is 4.55. The summed E-state index contributed by atoms with van der Waals surface area (Å²) in [4.78, 5) is 26.0. The van der Waals surface area contributed by atoms with Crippen LogP contribution in [-0.2, 0) is 13.1 Å². The topological polar surface area (TPSA) is 75.4 Å². The summed E-state index contributed by atoms with van der Waals surface area (Å²) in [6, 6.07) is 8.64. The lowest BCUT2D eigenvalue weighted by Gasteiger charge is -2.17. The molecule has 3 N–H and O–H groups in total. The Kier molecular flexibility index (Phi) is 5.16. The molecule has 0 aliphatic rings. The molecule has 0 unspecified atom stereocenters. The third-order valence-corrected chi connectivity index (χ3v) is 4.37. The molecule has 2 aromatic rings. The van der Waals surface area contributed by atoms with Crippen LogP contribution < -0.4 is 11.1 Å². The molecule has 0 saturated carbocycles. The van der Waals surface area contributed by atoms with Crippen molar-refractivity contribution in [1.29, 1.82) is 0 Å². The van der Waals surface area contributed by atoms with Gasteiger partial charge in [-0.15, -0.1) is 11.3 Å². The zero-order valence-electron chi connectivity index (χ0n) is 12.6. The number of thiophene rings is 1. The van der Waals surface area contributed by atoms with Crippen molar-refractivity contribution in [2.45, 2.75) is 20.0 Å². The fourth-order valence-electron chi connectivity index (χ4n) is 2.03. The Labute approximate surface area is 133 Å². The summed E-state index contributed by atoms with van der Waals surface area (Å²) >= 11 is 1.66. The van der Waals surface area contributed by atoms with Gasteiger partial charge in [0.25, 0.3) is 5.91 Å². The molecular weight excluding hydrogens is 298 g/mol. The molecule has 0 bridgehead atoms. The maximum Gasteiger partial charge on any atom is 0.312 e. The van der Waals surface area contributed by atoms with E-state index in [-0.39, 0.29) is 5.91 Å². The second kappa shape index (κ2) is 7.09. The summed E-state index contributed by atoms with van der Waals surface area (Å²) in [5.41, 5.74) is 7.75. The molecule has 0 fully saturated rings. The fourth-order valence-corrected chi connectivity index (χ4v) is 2.99. The quantitative estimate of drug-likeness (QED) is 0.889. The Bertz CT molecular complexity index is 664. The van der Waals surface area contributed by atoms with Crippen molar-refractivity contribution in [2.24, 2.45) is 5.73 Å². The maximum atomic E-state index is 12.4. The first-order valence-electron chi connectivity index (χ1n) is 6.88. The van der Waals surface area contributed by atoms with Crippen LogP contribution in [0.4, 0.5) is 4.79 Å². The molecule has 0 atom stereocenters. The van der Waals surface area contributed by atoms with Gasteiger partial charge in [0.1, 0.15) is 0 Å². The highest BCUT2D eigenvalue weighted by molar-refractivity contribution is 7.10. The molecule has 0 radical (unpaired) electrons. The molecule has 3 amide bonds. The van der Waals surface area contributed by atoms with Crippen molar-refractivity contribution in [3.8, 4) is 0 Å². The van der Waals surface area contributed by atoms with Crippen LogP contribution in [0, 0.1) is 6.92 Å². The van der Waals surface area contributed by atoms with Crippen LogP contribution in [-0.4, -0.2) is 23.9 Å². The van der Waals surface area contributed by atoms with Crippen LogP contribution in [0.1, 0.15) is 26.4 Å². The Morgan fingerprint density at radius 3 is 2.45 bits per heavy atom. The minimum absolute atomic E-state index is 0.0257. The van der Waals surface area contributed by atoms with Crippen LogP contribution in [0.3, 0.4) is 0 Å². The van der Waals surface area contributed by atoms with Crippen LogP contribution in [0.2, 0.25) is 0 Å². The van der Waals surface area contributed by atoms with Gasteiger partial charge in [-0.05, 0) is 41.6 Å². The molecule has 5 nitrogen and oxygen atoms in total. The van der Waals surface area contributed by atoms with Gasteiger partial charge in [-0.3, -0.25) is 4.79 Å². The average molecular weight is 317 g/mol.